The SMILES string of the molecule is CCN(Cc1ccccc1C(F)(F)F)C(=O)C1(F)CCN(S(=O)(=O)c2ccc3[nH]ncc3c2)CC1. The molecule has 3 aromatic rings. The summed E-state index contributed by atoms with van der Waals surface area (Å²) < 4.78 is 83.0. The van der Waals surface area contributed by atoms with Gasteiger partial charge in [0.1, 0.15) is 0 Å². The van der Waals surface area contributed by atoms with E-state index >= 15 is 4.39 Å². The number of benzene rings is 2. The van der Waals surface area contributed by atoms with Crippen LogP contribution in [-0.4, -0.2) is 59.0 Å². The van der Waals surface area contributed by atoms with Gasteiger partial charge in [-0.25, -0.2) is 12.8 Å². The minimum atomic E-state index is -4.61. The van der Waals surface area contributed by atoms with Gasteiger partial charge in [0.2, 0.25) is 10.0 Å². The zero-order valence-electron chi connectivity index (χ0n) is 18.8. The molecule has 2 aromatic carbocycles. The number of H-pyrrole nitrogens is 1. The fourth-order valence-electron chi connectivity index (χ4n) is 4.28. The van der Waals surface area contributed by atoms with Gasteiger partial charge in [0.25, 0.3) is 5.91 Å². The van der Waals surface area contributed by atoms with Crippen LogP contribution in [0.15, 0.2) is 53.6 Å². The second-order valence-electron chi connectivity index (χ2n) is 8.46. The summed E-state index contributed by atoms with van der Waals surface area (Å²) >= 11 is 0. The standard InChI is InChI=1S/C23H24F4N4O3S/c1-2-30(15-16-5-3-4-6-19(16)23(25,26)27)21(32)22(24)9-11-31(12-10-22)35(33,34)18-7-8-20-17(13-18)14-28-29-20/h3-8,13-14H,2,9-12,15H2,1H3,(H,28,29). The lowest BCUT2D eigenvalue weighted by Crippen LogP contribution is -2.53. The molecule has 12 heteroatoms. The van der Waals surface area contributed by atoms with Gasteiger partial charge in [-0.2, -0.15) is 22.6 Å². The van der Waals surface area contributed by atoms with E-state index in [0.29, 0.717) is 10.9 Å². The Kier molecular flexibility index (Phi) is 6.62. The summed E-state index contributed by atoms with van der Waals surface area (Å²) in [4.78, 5) is 14.1. The van der Waals surface area contributed by atoms with Crippen molar-refractivity contribution in [2.75, 3.05) is 19.6 Å². The van der Waals surface area contributed by atoms with Gasteiger partial charge in [-0.3, -0.25) is 9.89 Å². The predicted molar refractivity (Wildman–Crippen MR) is 120 cm³/mol. The summed E-state index contributed by atoms with van der Waals surface area (Å²) in [5.41, 5.74) is -2.71. The molecule has 0 saturated carbocycles. The van der Waals surface area contributed by atoms with Crippen molar-refractivity contribution in [2.24, 2.45) is 0 Å². The van der Waals surface area contributed by atoms with E-state index in [-0.39, 0.29) is 30.1 Å². The number of amides is 1. The number of sulfonamides is 1. The number of nitrogens with one attached hydrogen (secondary N) is 1. The first kappa shape index (κ1) is 25.1. The normalized spacial score (nSPS) is 16.9. The molecule has 1 fully saturated rings. The van der Waals surface area contributed by atoms with Crippen LogP contribution < -0.4 is 0 Å². The predicted octanol–water partition coefficient (Wildman–Crippen LogP) is 4.12. The first-order valence-corrected chi connectivity index (χ1v) is 12.5. The lowest BCUT2D eigenvalue weighted by molar-refractivity contribution is -0.148. The number of alkyl halides is 4. The molecule has 188 valence electrons. The first-order chi connectivity index (χ1) is 16.5. The molecule has 1 aliphatic rings. The van der Waals surface area contributed by atoms with E-state index in [1.165, 1.54) is 36.5 Å². The van der Waals surface area contributed by atoms with Crippen LogP contribution in [0.4, 0.5) is 17.6 Å². The first-order valence-electron chi connectivity index (χ1n) is 11.0. The van der Waals surface area contributed by atoms with Crippen LogP contribution in [0, 0.1) is 0 Å². The Balaban J connectivity index is 1.48. The second-order valence-corrected chi connectivity index (χ2v) is 10.4. The largest absolute Gasteiger partial charge is 0.416 e. The molecule has 1 saturated heterocycles. The summed E-state index contributed by atoms with van der Waals surface area (Å²) in [5.74, 6) is -0.936. The van der Waals surface area contributed by atoms with Gasteiger partial charge in [-0.1, -0.05) is 18.2 Å². The van der Waals surface area contributed by atoms with Crippen LogP contribution in [-0.2, 0) is 27.5 Å². The van der Waals surface area contributed by atoms with Crippen LogP contribution >= 0.6 is 0 Å². The van der Waals surface area contributed by atoms with Gasteiger partial charge >= 0.3 is 6.18 Å². The lowest BCUT2D eigenvalue weighted by Gasteiger charge is -2.37. The lowest BCUT2D eigenvalue weighted by atomic mass is 9.92. The van der Waals surface area contributed by atoms with E-state index in [4.69, 9.17) is 0 Å². The number of carbonyl (C=O) groups excluding carboxylic acids is 1. The molecule has 0 aliphatic carbocycles. The molecule has 0 unspecified atom stereocenters. The zero-order chi connectivity index (χ0) is 25.4. The molecule has 35 heavy (non-hydrogen) atoms. The minimum absolute atomic E-state index is 0.00339. The van der Waals surface area contributed by atoms with Crippen molar-refractivity contribution in [2.45, 2.75) is 43.1 Å². The minimum Gasteiger partial charge on any atom is -0.336 e. The van der Waals surface area contributed by atoms with Gasteiger partial charge in [0, 0.05) is 44.4 Å². The van der Waals surface area contributed by atoms with Crippen LogP contribution in [0.25, 0.3) is 10.9 Å². The Morgan fingerprint density at radius 3 is 2.51 bits per heavy atom. The fraction of sp³-hybridized carbons (Fsp3) is 0.391. The fourth-order valence-corrected chi connectivity index (χ4v) is 5.75. The van der Waals surface area contributed by atoms with Crippen LogP contribution in [0.1, 0.15) is 30.9 Å². The van der Waals surface area contributed by atoms with Gasteiger partial charge in [-0.15, -0.1) is 0 Å². The Bertz CT molecular complexity index is 1330. The highest BCUT2D eigenvalue weighted by atomic mass is 32.2. The smallest absolute Gasteiger partial charge is 0.336 e. The monoisotopic (exact) mass is 512 g/mol. The van der Waals surface area contributed by atoms with Crippen LogP contribution in [0.2, 0.25) is 0 Å². The summed E-state index contributed by atoms with van der Waals surface area (Å²) in [7, 11) is -3.93. The number of hydrogen-bond donors (Lipinski definition) is 1. The number of aromatic nitrogens is 2. The third-order valence-corrected chi connectivity index (χ3v) is 8.20. The Morgan fingerprint density at radius 1 is 1.17 bits per heavy atom. The average molecular weight is 513 g/mol. The van der Waals surface area contributed by atoms with Gasteiger partial charge in [0.15, 0.2) is 5.67 Å². The van der Waals surface area contributed by atoms with Gasteiger partial charge in [-0.05, 0) is 36.8 Å². The molecular weight excluding hydrogens is 488 g/mol. The Labute approximate surface area is 199 Å². The number of rotatable bonds is 6. The number of nitrogens with zero attached hydrogens (tertiary/aromatic N) is 3. The van der Waals surface area contributed by atoms with Crippen molar-refractivity contribution in [3.63, 3.8) is 0 Å². The number of hydrogen-bond acceptors (Lipinski definition) is 4. The molecule has 2 heterocycles. The third kappa shape index (κ3) is 4.90. The van der Waals surface area contributed by atoms with Crippen molar-refractivity contribution < 1.29 is 30.8 Å². The Morgan fingerprint density at radius 2 is 1.86 bits per heavy atom. The summed E-state index contributed by atoms with van der Waals surface area (Å²) in [6.45, 7) is 0.700. The van der Waals surface area contributed by atoms with E-state index in [2.05, 4.69) is 10.2 Å². The van der Waals surface area contributed by atoms with E-state index in [9.17, 15) is 26.4 Å². The number of fused-ring (bicyclic) bond motifs is 1. The second kappa shape index (κ2) is 9.23. The molecule has 0 radical (unpaired) electrons. The van der Waals surface area contributed by atoms with Crippen molar-refractivity contribution in [1.82, 2.24) is 19.4 Å². The molecule has 1 aromatic heterocycles. The summed E-state index contributed by atoms with van der Waals surface area (Å²) in [6.07, 6.45) is -3.90. The van der Waals surface area contributed by atoms with Crippen LogP contribution in [0.5, 0.6) is 0 Å². The van der Waals surface area contributed by atoms with E-state index < -0.39 is 52.7 Å². The van der Waals surface area contributed by atoms with E-state index in [1.54, 1.807) is 13.0 Å². The highest BCUT2D eigenvalue weighted by Crippen LogP contribution is 2.35. The molecule has 0 bridgehead atoms. The quantitative estimate of drug-likeness (QED) is 0.504. The number of aromatic amines is 1. The van der Waals surface area contributed by atoms with Crippen molar-refractivity contribution in [3.05, 3.63) is 59.8 Å². The maximum Gasteiger partial charge on any atom is 0.416 e. The summed E-state index contributed by atoms with van der Waals surface area (Å²) in [5, 5.41) is 7.20. The molecular formula is C23H24F4N4O3S. The van der Waals surface area contributed by atoms with Gasteiger partial charge in [0.05, 0.1) is 22.2 Å². The Hall–Kier alpha value is -2.99. The summed E-state index contributed by atoms with van der Waals surface area (Å²) in [6, 6.07) is 9.33. The molecule has 1 amide bonds. The maximum atomic E-state index is 15.7. The number of carbonyl (C=O) groups is 1. The molecule has 0 atom stereocenters. The molecule has 1 aliphatic heterocycles. The highest BCUT2D eigenvalue weighted by Gasteiger charge is 2.46. The highest BCUT2D eigenvalue weighted by molar-refractivity contribution is 7.89. The van der Waals surface area contributed by atoms with Crippen molar-refractivity contribution in [1.29, 1.82) is 0 Å². The third-order valence-electron chi connectivity index (χ3n) is 6.30. The van der Waals surface area contributed by atoms with Crippen molar-refractivity contribution >= 4 is 26.8 Å². The van der Waals surface area contributed by atoms with E-state index in [1.807, 2.05) is 0 Å². The van der Waals surface area contributed by atoms with Gasteiger partial charge < -0.3 is 4.90 Å². The molecule has 0 spiro atoms. The molecule has 1 N–H and O–H groups in total. The van der Waals surface area contributed by atoms with Crippen molar-refractivity contribution in [3.8, 4) is 0 Å². The van der Waals surface area contributed by atoms with E-state index in [0.717, 1.165) is 15.3 Å². The molecule has 7 nitrogen and oxygen atoms in total. The zero-order valence-corrected chi connectivity index (χ0v) is 19.7. The number of halogens is 4. The van der Waals surface area contributed by atoms with Crippen LogP contribution in [0.3, 0.4) is 0 Å². The topological polar surface area (TPSA) is 86.4 Å². The maximum absolute atomic E-state index is 15.7. The average Bonchev–Trinajstić information content (AvgIpc) is 3.30. The molecule has 4 rings (SSSR count). The number of piperidine rings is 1.